The van der Waals surface area contributed by atoms with Crippen molar-refractivity contribution in [2.45, 2.75) is 13.3 Å². The van der Waals surface area contributed by atoms with Crippen molar-refractivity contribution in [3.05, 3.63) is 53.1 Å². The fourth-order valence-corrected chi connectivity index (χ4v) is 2.18. The summed E-state index contributed by atoms with van der Waals surface area (Å²) in [6, 6.07) is 13.1. The van der Waals surface area contributed by atoms with Crippen LogP contribution >= 0.6 is 11.6 Å². The summed E-state index contributed by atoms with van der Waals surface area (Å²) < 4.78 is 5.25. The standard InChI is InChI=1S/C17H19ClN2O2/c1-12-7-8-13(11-14(12)18)20-17(21)9-10-19-15-5-3-4-6-16(15)22-2/h3-8,11,19H,9-10H2,1-2H3,(H,20,21). The zero-order chi connectivity index (χ0) is 15.9. The van der Waals surface area contributed by atoms with E-state index >= 15 is 0 Å². The number of para-hydroxylation sites is 2. The van der Waals surface area contributed by atoms with Gasteiger partial charge in [-0.05, 0) is 36.8 Å². The first-order chi connectivity index (χ1) is 10.6. The maximum absolute atomic E-state index is 11.9. The van der Waals surface area contributed by atoms with Crippen molar-refractivity contribution in [3.8, 4) is 5.75 Å². The summed E-state index contributed by atoms with van der Waals surface area (Å²) in [5.41, 5.74) is 2.56. The lowest BCUT2D eigenvalue weighted by Crippen LogP contribution is -2.16. The van der Waals surface area contributed by atoms with Gasteiger partial charge in [0.05, 0.1) is 12.8 Å². The third-order valence-electron chi connectivity index (χ3n) is 3.23. The Morgan fingerprint density at radius 2 is 2.00 bits per heavy atom. The van der Waals surface area contributed by atoms with Gasteiger partial charge in [0, 0.05) is 23.7 Å². The Labute approximate surface area is 135 Å². The average molecular weight is 319 g/mol. The summed E-state index contributed by atoms with van der Waals surface area (Å²) in [5, 5.41) is 6.66. The first kappa shape index (κ1) is 16.2. The van der Waals surface area contributed by atoms with Gasteiger partial charge < -0.3 is 15.4 Å². The molecule has 4 nitrogen and oxygen atoms in total. The number of rotatable bonds is 6. The van der Waals surface area contributed by atoms with Gasteiger partial charge in [0.1, 0.15) is 5.75 Å². The van der Waals surface area contributed by atoms with Crippen molar-refractivity contribution in [3.63, 3.8) is 0 Å². The third kappa shape index (κ3) is 4.40. The summed E-state index contributed by atoms with van der Waals surface area (Å²) in [5.74, 6) is 0.690. The molecule has 2 rings (SSSR count). The van der Waals surface area contributed by atoms with Crippen LogP contribution < -0.4 is 15.4 Å². The summed E-state index contributed by atoms with van der Waals surface area (Å²) >= 11 is 6.04. The molecule has 0 spiro atoms. The van der Waals surface area contributed by atoms with E-state index in [1.165, 1.54) is 0 Å². The molecule has 0 bridgehead atoms. The van der Waals surface area contributed by atoms with E-state index < -0.39 is 0 Å². The van der Waals surface area contributed by atoms with E-state index in [1.807, 2.05) is 43.3 Å². The lowest BCUT2D eigenvalue weighted by Gasteiger charge is -2.11. The topological polar surface area (TPSA) is 50.4 Å². The normalized spacial score (nSPS) is 10.1. The highest BCUT2D eigenvalue weighted by Gasteiger charge is 2.05. The predicted octanol–water partition coefficient (Wildman–Crippen LogP) is 4.10. The number of nitrogens with one attached hydrogen (secondary N) is 2. The molecule has 0 unspecified atom stereocenters. The van der Waals surface area contributed by atoms with Gasteiger partial charge in [-0.1, -0.05) is 29.8 Å². The molecule has 5 heteroatoms. The molecule has 0 saturated heterocycles. The van der Waals surface area contributed by atoms with E-state index in [1.54, 1.807) is 13.2 Å². The molecule has 0 fully saturated rings. The van der Waals surface area contributed by atoms with Crippen molar-refractivity contribution >= 4 is 28.9 Å². The first-order valence-corrected chi connectivity index (χ1v) is 7.41. The number of carbonyl (C=O) groups is 1. The number of halogens is 1. The quantitative estimate of drug-likeness (QED) is 0.843. The van der Waals surface area contributed by atoms with Crippen LogP contribution in [0.4, 0.5) is 11.4 Å². The fraction of sp³-hybridized carbons (Fsp3) is 0.235. The van der Waals surface area contributed by atoms with Gasteiger partial charge in [0.25, 0.3) is 0 Å². The summed E-state index contributed by atoms with van der Waals surface area (Å²) in [6.45, 7) is 2.44. The smallest absolute Gasteiger partial charge is 0.226 e. The monoisotopic (exact) mass is 318 g/mol. The zero-order valence-corrected chi connectivity index (χ0v) is 13.4. The minimum atomic E-state index is -0.0673. The summed E-state index contributed by atoms with van der Waals surface area (Å²) in [4.78, 5) is 11.9. The molecule has 0 aromatic heterocycles. The van der Waals surface area contributed by atoms with Crippen molar-refractivity contribution in [1.29, 1.82) is 0 Å². The highest BCUT2D eigenvalue weighted by molar-refractivity contribution is 6.31. The Balaban J connectivity index is 1.84. The van der Waals surface area contributed by atoms with E-state index in [0.29, 0.717) is 23.7 Å². The number of carbonyl (C=O) groups excluding carboxylic acids is 1. The lowest BCUT2D eigenvalue weighted by atomic mass is 10.2. The molecule has 22 heavy (non-hydrogen) atoms. The highest BCUT2D eigenvalue weighted by Crippen LogP contribution is 2.23. The number of hydrogen-bond donors (Lipinski definition) is 2. The van der Waals surface area contributed by atoms with E-state index in [0.717, 1.165) is 17.0 Å². The molecule has 116 valence electrons. The second-order valence-corrected chi connectivity index (χ2v) is 5.30. The average Bonchev–Trinajstić information content (AvgIpc) is 2.51. The number of methoxy groups -OCH3 is 1. The molecule has 2 aromatic rings. The van der Waals surface area contributed by atoms with Gasteiger partial charge in [-0.25, -0.2) is 0 Å². The molecule has 1 amide bonds. The van der Waals surface area contributed by atoms with E-state index in [9.17, 15) is 4.79 Å². The van der Waals surface area contributed by atoms with Gasteiger partial charge in [0.2, 0.25) is 5.91 Å². The second-order valence-electron chi connectivity index (χ2n) is 4.89. The minimum Gasteiger partial charge on any atom is -0.495 e. The number of aryl methyl sites for hydroxylation is 1. The molecule has 0 radical (unpaired) electrons. The molecule has 0 atom stereocenters. The Bertz CT molecular complexity index is 659. The second kappa shape index (κ2) is 7.71. The number of amides is 1. The number of hydrogen-bond acceptors (Lipinski definition) is 3. The van der Waals surface area contributed by atoms with Gasteiger partial charge in [-0.15, -0.1) is 0 Å². The Hall–Kier alpha value is -2.20. The fourth-order valence-electron chi connectivity index (χ4n) is 2.00. The largest absolute Gasteiger partial charge is 0.495 e. The SMILES string of the molecule is COc1ccccc1NCCC(=O)Nc1ccc(C)c(Cl)c1. The summed E-state index contributed by atoms with van der Waals surface area (Å²) in [7, 11) is 1.62. The van der Waals surface area contributed by atoms with E-state index in [-0.39, 0.29) is 5.91 Å². The maximum atomic E-state index is 11.9. The van der Waals surface area contributed by atoms with Gasteiger partial charge in [0.15, 0.2) is 0 Å². The zero-order valence-electron chi connectivity index (χ0n) is 12.7. The molecule has 2 N–H and O–H groups in total. The molecule has 0 heterocycles. The van der Waals surface area contributed by atoms with E-state index in [2.05, 4.69) is 10.6 Å². The number of benzene rings is 2. The Morgan fingerprint density at radius 1 is 1.23 bits per heavy atom. The third-order valence-corrected chi connectivity index (χ3v) is 3.64. The molecular formula is C17H19ClN2O2. The summed E-state index contributed by atoms with van der Waals surface area (Å²) in [6.07, 6.45) is 0.351. The van der Waals surface area contributed by atoms with Crippen molar-refractivity contribution in [1.82, 2.24) is 0 Å². The van der Waals surface area contributed by atoms with Crippen LogP contribution in [0.5, 0.6) is 5.75 Å². The van der Waals surface area contributed by atoms with Crippen LogP contribution in [0.25, 0.3) is 0 Å². The molecule has 0 aliphatic heterocycles. The van der Waals surface area contributed by atoms with Crippen LogP contribution in [0.2, 0.25) is 5.02 Å². The van der Waals surface area contributed by atoms with Crippen LogP contribution in [0.15, 0.2) is 42.5 Å². The van der Waals surface area contributed by atoms with Crippen molar-refractivity contribution < 1.29 is 9.53 Å². The van der Waals surface area contributed by atoms with Crippen LogP contribution in [-0.4, -0.2) is 19.6 Å². The van der Waals surface area contributed by atoms with Gasteiger partial charge >= 0.3 is 0 Å². The maximum Gasteiger partial charge on any atom is 0.226 e. The van der Waals surface area contributed by atoms with Crippen LogP contribution in [0.1, 0.15) is 12.0 Å². The van der Waals surface area contributed by atoms with Crippen LogP contribution in [0, 0.1) is 6.92 Å². The van der Waals surface area contributed by atoms with Gasteiger partial charge in [-0.3, -0.25) is 4.79 Å². The van der Waals surface area contributed by atoms with E-state index in [4.69, 9.17) is 16.3 Å². The molecule has 0 aliphatic rings. The molecule has 2 aromatic carbocycles. The molecule has 0 aliphatic carbocycles. The van der Waals surface area contributed by atoms with Crippen molar-refractivity contribution in [2.75, 3.05) is 24.3 Å². The van der Waals surface area contributed by atoms with Crippen LogP contribution in [-0.2, 0) is 4.79 Å². The Kier molecular flexibility index (Phi) is 5.67. The van der Waals surface area contributed by atoms with Crippen LogP contribution in [0.3, 0.4) is 0 Å². The number of anilines is 2. The molecular weight excluding hydrogens is 300 g/mol. The number of ether oxygens (including phenoxy) is 1. The molecule has 0 saturated carbocycles. The Morgan fingerprint density at radius 3 is 2.73 bits per heavy atom. The minimum absolute atomic E-state index is 0.0673. The lowest BCUT2D eigenvalue weighted by molar-refractivity contribution is -0.115. The van der Waals surface area contributed by atoms with Crippen molar-refractivity contribution in [2.24, 2.45) is 0 Å². The first-order valence-electron chi connectivity index (χ1n) is 7.03. The predicted molar refractivity (Wildman–Crippen MR) is 90.9 cm³/mol. The highest BCUT2D eigenvalue weighted by atomic mass is 35.5. The van der Waals surface area contributed by atoms with Gasteiger partial charge in [-0.2, -0.15) is 0 Å².